The number of carbonyl (C=O) groups excluding carboxylic acids is 1. The Morgan fingerprint density at radius 3 is 2.94 bits per heavy atom. The number of nitrogens with two attached hydrogens (primary N) is 1. The molecule has 0 aliphatic rings. The number of rotatable bonds is 7. The van der Waals surface area contributed by atoms with Gasteiger partial charge in [0.05, 0.1) is 13.2 Å². The van der Waals surface area contributed by atoms with Gasteiger partial charge in [0.2, 0.25) is 5.91 Å². The van der Waals surface area contributed by atoms with Crippen molar-refractivity contribution in [2.24, 2.45) is 5.73 Å². The number of ether oxygens (including phenoxy) is 1. The SMILES string of the molecule is COCCONCc1cccc(C(N)=O)c1. The second kappa shape index (κ2) is 6.95. The highest BCUT2D eigenvalue weighted by Gasteiger charge is 2.00. The molecule has 16 heavy (non-hydrogen) atoms. The number of benzene rings is 1. The lowest BCUT2D eigenvalue weighted by atomic mass is 10.1. The largest absolute Gasteiger partial charge is 0.382 e. The smallest absolute Gasteiger partial charge is 0.248 e. The van der Waals surface area contributed by atoms with Crippen LogP contribution in [0.25, 0.3) is 0 Å². The normalized spacial score (nSPS) is 10.3. The Labute approximate surface area is 94.5 Å². The molecule has 1 aromatic rings. The quantitative estimate of drug-likeness (QED) is 0.521. The molecule has 3 N–H and O–H groups in total. The Bertz CT molecular complexity index is 342. The highest BCUT2D eigenvalue weighted by atomic mass is 16.7. The highest BCUT2D eigenvalue weighted by molar-refractivity contribution is 5.92. The number of amides is 1. The van der Waals surface area contributed by atoms with Crippen molar-refractivity contribution < 1.29 is 14.4 Å². The summed E-state index contributed by atoms with van der Waals surface area (Å²) in [5.74, 6) is -0.429. The van der Waals surface area contributed by atoms with Crippen LogP contribution in [0.1, 0.15) is 15.9 Å². The van der Waals surface area contributed by atoms with Crippen LogP contribution in [-0.4, -0.2) is 26.2 Å². The van der Waals surface area contributed by atoms with E-state index in [1.165, 1.54) is 0 Å². The summed E-state index contributed by atoms with van der Waals surface area (Å²) in [6.45, 7) is 1.53. The van der Waals surface area contributed by atoms with Crippen LogP contribution in [0.3, 0.4) is 0 Å². The third kappa shape index (κ3) is 4.39. The fourth-order valence-corrected chi connectivity index (χ4v) is 1.17. The van der Waals surface area contributed by atoms with Crippen molar-refractivity contribution in [3.8, 4) is 0 Å². The van der Waals surface area contributed by atoms with E-state index in [1.54, 1.807) is 25.3 Å². The first-order valence-electron chi connectivity index (χ1n) is 4.96. The lowest BCUT2D eigenvalue weighted by Crippen LogP contribution is -2.18. The van der Waals surface area contributed by atoms with Crippen LogP contribution in [0.15, 0.2) is 24.3 Å². The molecule has 1 amide bonds. The molecule has 0 radical (unpaired) electrons. The number of hydroxylamine groups is 1. The molecular formula is C11H16N2O3. The Morgan fingerprint density at radius 2 is 2.25 bits per heavy atom. The summed E-state index contributed by atoms with van der Waals surface area (Å²) in [5, 5.41) is 0. The topological polar surface area (TPSA) is 73.6 Å². The lowest BCUT2D eigenvalue weighted by Gasteiger charge is -2.06. The zero-order chi connectivity index (χ0) is 11.8. The maximum Gasteiger partial charge on any atom is 0.248 e. The van der Waals surface area contributed by atoms with Crippen LogP contribution in [-0.2, 0) is 16.1 Å². The standard InChI is InChI=1S/C11H16N2O3/c1-15-5-6-16-13-8-9-3-2-4-10(7-9)11(12)14/h2-4,7,13H,5-6,8H2,1H3,(H2,12,14). The maximum atomic E-state index is 10.9. The van der Waals surface area contributed by atoms with Gasteiger partial charge in [0.25, 0.3) is 0 Å². The molecule has 1 rings (SSSR count). The number of hydrogen-bond donors (Lipinski definition) is 2. The summed E-state index contributed by atoms with van der Waals surface area (Å²) < 4.78 is 4.82. The first-order chi connectivity index (χ1) is 7.74. The van der Waals surface area contributed by atoms with E-state index in [4.69, 9.17) is 15.3 Å². The molecule has 0 aliphatic heterocycles. The Hall–Kier alpha value is -1.43. The summed E-state index contributed by atoms with van der Waals surface area (Å²) in [4.78, 5) is 16.0. The van der Waals surface area contributed by atoms with Gasteiger partial charge in [0, 0.05) is 19.2 Å². The first kappa shape index (κ1) is 12.6. The van der Waals surface area contributed by atoms with E-state index in [2.05, 4.69) is 5.48 Å². The molecular weight excluding hydrogens is 208 g/mol. The molecule has 0 fully saturated rings. The van der Waals surface area contributed by atoms with Crippen molar-refractivity contribution >= 4 is 5.91 Å². The minimum absolute atomic E-state index is 0.429. The van der Waals surface area contributed by atoms with Crippen LogP contribution in [0.4, 0.5) is 0 Å². The van der Waals surface area contributed by atoms with Crippen molar-refractivity contribution in [1.29, 1.82) is 0 Å². The Kier molecular flexibility index (Phi) is 5.49. The minimum Gasteiger partial charge on any atom is -0.382 e. The van der Waals surface area contributed by atoms with Crippen LogP contribution < -0.4 is 11.2 Å². The number of primary amides is 1. The van der Waals surface area contributed by atoms with Gasteiger partial charge in [-0.1, -0.05) is 12.1 Å². The van der Waals surface area contributed by atoms with Gasteiger partial charge in [0.1, 0.15) is 0 Å². The van der Waals surface area contributed by atoms with Gasteiger partial charge in [-0.25, -0.2) is 0 Å². The minimum atomic E-state index is -0.429. The number of methoxy groups -OCH3 is 1. The average Bonchev–Trinajstić information content (AvgIpc) is 2.29. The van der Waals surface area contributed by atoms with Crippen LogP contribution >= 0.6 is 0 Å². The summed E-state index contributed by atoms with van der Waals surface area (Å²) in [7, 11) is 1.61. The second-order valence-electron chi connectivity index (χ2n) is 3.23. The fraction of sp³-hybridized carbons (Fsp3) is 0.364. The molecule has 0 saturated heterocycles. The molecule has 0 unspecified atom stereocenters. The van der Waals surface area contributed by atoms with E-state index in [-0.39, 0.29) is 0 Å². The molecule has 0 aliphatic carbocycles. The first-order valence-corrected chi connectivity index (χ1v) is 4.96. The third-order valence-corrected chi connectivity index (χ3v) is 1.98. The maximum absolute atomic E-state index is 10.9. The van der Waals surface area contributed by atoms with Crippen molar-refractivity contribution in [2.45, 2.75) is 6.54 Å². The van der Waals surface area contributed by atoms with Crippen LogP contribution in [0, 0.1) is 0 Å². The van der Waals surface area contributed by atoms with E-state index in [0.717, 1.165) is 5.56 Å². The molecule has 5 heteroatoms. The molecule has 0 atom stereocenters. The number of carbonyl (C=O) groups is 1. The van der Waals surface area contributed by atoms with E-state index in [9.17, 15) is 4.79 Å². The third-order valence-electron chi connectivity index (χ3n) is 1.98. The van der Waals surface area contributed by atoms with Crippen LogP contribution in [0.2, 0.25) is 0 Å². The highest BCUT2D eigenvalue weighted by Crippen LogP contribution is 2.04. The zero-order valence-corrected chi connectivity index (χ0v) is 9.23. The molecule has 5 nitrogen and oxygen atoms in total. The van der Waals surface area contributed by atoms with Crippen molar-refractivity contribution in [3.05, 3.63) is 35.4 Å². The fourth-order valence-electron chi connectivity index (χ4n) is 1.17. The Morgan fingerprint density at radius 1 is 1.44 bits per heavy atom. The Balaban J connectivity index is 2.36. The summed E-state index contributed by atoms with van der Waals surface area (Å²) in [6.07, 6.45) is 0. The van der Waals surface area contributed by atoms with Gasteiger partial charge in [-0.2, -0.15) is 5.48 Å². The monoisotopic (exact) mass is 224 g/mol. The molecule has 0 saturated carbocycles. The molecule has 0 aromatic heterocycles. The van der Waals surface area contributed by atoms with Crippen molar-refractivity contribution in [2.75, 3.05) is 20.3 Å². The van der Waals surface area contributed by atoms with Gasteiger partial charge in [-0.3, -0.25) is 9.63 Å². The molecule has 1 aromatic carbocycles. The van der Waals surface area contributed by atoms with Gasteiger partial charge in [-0.05, 0) is 17.7 Å². The summed E-state index contributed by atoms with van der Waals surface area (Å²) in [6, 6.07) is 7.08. The molecule has 0 heterocycles. The molecule has 0 bridgehead atoms. The van der Waals surface area contributed by atoms with E-state index in [0.29, 0.717) is 25.3 Å². The van der Waals surface area contributed by atoms with Crippen LogP contribution in [0.5, 0.6) is 0 Å². The predicted molar refractivity (Wildman–Crippen MR) is 59.6 cm³/mol. The lowest BCUT2D eigenvalue weighted by molar-refractivity contribution is 0.00346. The average molecular weight is 224 g/mol. The molecule has 0 spiro atoms. The van der Waals surface area contributed by atoms with Gasteiger partial charge >= 0.3 is 0 Å². The van der Waals surface area contributed by atoms with Gasteiger partial charge < -0.3 is 10.5 Å². The van der Waals surface area contributed by atoms with E-state index < -0.39 is 5.91 Å². The summed E-state index contributed by atoms with van der Waals surface area (Å²) in [5.41, 5.74) is 9.38. The van der Waals surface area contributed by atoms with Gasteiger partial charge in [-0.15, -0.1) is 0 Å². The zero-order valence-electron chi connectivity index (χ0n) is 9.23. The van der Waals surface area contributed by atoms with Crippen molar-refractivity contribution in [1.82, 2.24) is 5.48 Å². The van der Waals surface area contributed by atoms with E-state index in [1.807, 2.05) is 6.07 Å². The molecule has 88 valence electrons. The predicted octanol–water partition coefficient (Wildman–Crippen LogP) is 0.453. The van der Waals surface area contributed by atoms with Gasteiger partial charge in [0.15, 0.2) is 0 Å². The van der Waals surface area contributed by atoms with E-state index >= 15 is 0 Å². The second-order valence-corrected chi connectivity index (χ2v) is 3.23. The number of hydrogen-bond acceptors (Lipinski definition) is 4. The van der Waals surface area contributed by atoms with Crippen molar-refractivity contribution in [3.63, 3.8) is 0 Å². The summed E-state index contributed by atoms with van der Waals surface area (Å²) >= 11 is 0. The number of nitrogens with one attached hydrogen (secondary N) is 1.